The summed E-state index contributed by atoms with van der Waals surface area (Å²) in [5.41, 5.74) is 2.01. The fourth-order valence-corrected chi connectivity index (χ4v) is 2.83. The number of carbonyl (C=O) groups excluding carboxylic acids is 2. The molecular weight excluding hydrogens is 412 g/mol. The molecule has 0 atom stereocenters. The van der Waals surface area contributed by atoms with Gasteiger partial charge in [0.15, 0.2) is 0 Å². The number of para-hydroxylation sites is 1. The molecule has 0 aliphatic heterocycles. The molecule has 0 radical (unpaired) electrons. The number of hydrogen-bond acceptors (Lipinski definition) is 4. The molecule has 2 amide bonds. The van der Waals surface area contributed by atoms with Gasteiger partial charge in [0, 0.05) is 16.8 Å². The number of hydrogen-bond donors (Lipinski definition) is 2. The van der Waals surface area contributed by atoms with Crippen LogP contribution in [0.2, 0.25) is 0 Å². The number of rotatable bonds is 9. The van der Waals surface area contributed by atoms with E-state index in [4.69, 9.17) is 9.47 Å². The highest BCUT2D eigenvalue weighted by molar-refractivity contribution is 9.10. The average Bonchev–Trinajstić information content (AvgIpc) is 2.66. The summed E-state index contributed by atoms with van der Waals surface area (Å²) >= 11 is 3.38. The van der Waals surface area contributed by atoms with Crippen molar-refractivity contribution in [2.75, 3.05) is 31.7 Å². The molecule has 7 heteroatoms. The van der Waals surface area contributed by atoms with Gasteiger partial charge in [-0.25, -0.2) is 0 Å². The number of aryl methyl sites for hydroxylation is 1. The molecule has 0 unspecified atom stereocenters. The van der Waals surface area contributed by atoms with Crippen molar-refractivity contribution < 1.29 is 19.1 Å². The first-order valence-electron chi connectivity index (χ1n) is 8.65. The highest BCUT2D eigenvalue weighted by atomic mass is 79.9. The van der Waals surface area contributed by atoms with E-state index in [2.05, 4.69) is 26.6 Å². The molecule has 27 heavy (non-hydrogen) atoms. The Labute approximate surface area is 167 Å². The maximum atomic E-state index is 12.4. The predicted molar refractivity (Wildman–Crippen MR) is 108 cm³/mol. The average molecular weight is 435 g/mol. The minimum Gasteiger partial charge on any atom is -0.490 e. The van der Waals surface area contributed by atoms with Gasteiger partial charge in [-0.05, 0) is 49.7 Å². The molecule has 144 valence electrons. The van der Waals surface area contributed by atoms with E-state index in [9.17, 15) is 9.59 Å². The number of nitrogens with one attached hydrogen (secondary N) is 2. The van der Waals surface area contributed by atoms with Crippen molar-refractivity contribution in [3.63, 3.8) is 0 Å². The summed E-state index contributed by atoms with van der Waals surface area (Å²) in [7, 11) is 0. The van der Waals surface area contributed by atoms with Gasteiger partial charge in [0.2, 0.25) is 5.91 Å². The van der Waals surface area contributed by atoms with Crippen LogP contribution in [0.1, 0.15) is 22.8 Å². The van der Waals surface area contributed by atoms with Crippen LogP contribution in [0.15, 0.2) is 46.9 Å². The molecule has 0 heterocycles. The number of carbonyl (C=O) groups is 2. The number of amides is 2. The first-order chi connectivity index (χ1) is 13.0. The lowest BCUT2D eigenvalue weighted by Crippen LogP contribution is -2.33. The Balaban J connectivity index is 1.90. The number of ether oxygens (including phenoxy) is 2. The third-order valence-corrected chi connectivity index (χ3v) is 4.19. The summed E-state index contributed by atoms with van der Waals surface area (Å²) in [6, 6.07) is 12.5. The highest BCUT2D eigenvalue weighted by Crippen LogP contribution is 2.20. The fourth-order valence-electron chi connectivity index (χ4n) is 2.35. The Kier molecular flexibility index (Phi) is 8.29. The normalized spacial score (nSPS) is 10.3. The largest absolute Gasteiger partial charge is 0.490 e. The van der Waals surface area contributed by atoms with Crippen LogP contribution in [-0.4, -0.2) is 38.2 Å². The van der Waals surface area contributed by atoms with Crippen molar-refractivity contribution >= 4 is 33.4 Å². The van der Waals surface area contributed by atoms with Crippen LogP contribution in [-0.2, 0) is 9.53 Å². The van der Waals surface area contributed by atoms with E-state index >= 15 is 0 Å². The van der Waals surface area contributed by atoms with E-state index in [1.807, 2.05) is 26.0 Å². The van der Waals surface area contributed by atoms with Crippen LogP contribution in [0.25, 0.3) is 0 Å². The van der Waals surface area contributed by atoms with E-state index in [1.54, 1.807) is 30.3 Å². The van der Waals surface area contributed by atoms with Gasteiger partial charge < -0.3 is 20.1 Å². The minimum absolute atomic E-state index is 0.137. The van der Waals surface area contributed by atoms with Crippen molar-refractivity contribution in [2.45, 2.75) is 13.8 Å². The van der Waals surface area contributed by atoms with Crippen molar-refractivity contribution in [3.8, 4) is 5.75 Å². The predicted octanol–water partition coefficient (Wildman–Crippen LogP) is 3.54. The molecule has 6 nitrogen and oxygen atoms in total. The van der Waals surface area contributed by atoms with Crippen molar-refractivity contribution in [1.82, 2.24) is 5.32 Å². The summed E-state index contributed by atoms with van der Waals surface area (Å²) in [6.07, 6.45) is 0. The molecule has 2 aromatic carbocycles. The molecule has 2 N–H and O–H groups in total. The zero-order valence-corrected chi connectivity index (χ0v) is 17.0. The second-order valence-electron chi connectivity index (χ2n) is 5.73. The van der Waals surface area contributed by atoms with Gasteiger partial charge in [0.1, 0.15) is 12.4 Å². The van der Waals surface area contributed by atoms with Crippen molar-refractivity contribution in [1.29, 1.82) is 0 Å². The van der Waals surface area contributed by atoms with Gasteiger partial charge in [0.05, 0.1) is 18.7 Å². The lowest BCUT2D eigenvalue weighted by Gasteiger charge is -2.12. The van der Waals surface area contributed by atoms with Crippen LogP contribution in [0, 0.1) is 6.92 Å². The smallest absolute Gasteiger partial charge is 0.255 e. The van der Waals surface area contributed by atoms with E-state index in [-0.39, 0.29) is 18.4 Å². The standard InChI is InChI=1S/C20H23BrN2O4/c1-3-26-10-11-27-18-7-5-4-6-16(18)20(25)22-13-19(24)23-17-9-8-15(21)12-14(17)2/h4-9,12H,3,10-11,13H2,1-2H3,(H,22,25)(H,23,24). The topological polar surface area (TPSA) is 76.7 Å². The summed E-state index contributed by atoms with van der Waals surface area (Å²) in [4.78, 5) is 24.5. The molecule has 0 saturated carbocycles. The molecular formula is C20H23BrN2O4. The third kappa shape index (κ3) is 6.69. The van der Waals surface area contributed by atoms with Gasteiger partial charge in [-0.3, -0.25) is 9.59 Å². The van der Waals surface area contributed by atoms with Crippen LogP contribution >= 0.6 is 15.9 Å². The molecule has 0 aliphatic rings. The SMILES string of the molecule is CCOCCOc1ccccc1C(=O)NCC(=O)Nc1ccc(Br)cc1C. The quantitative estimate of drug-likeness (QED) is 0.591. The number of anilines is 1. The molecule has 0 bridgehead atoms. The summed E-state index contributed by atoms with van der Waals surface area (Å²) in [5, 5.41) is 5.41. The number of halogens is 1. The van der Waals surface area contributed by atoms with Crippen LogP contribution in [0.4, 0.5) is 5.69 Å². The monoisotopic (exact) mass is 434 g/mol. The van der Waals surface area contributed by atoms with Crippen molar-refractivity contribution in [3.05, 3.63) is 58.1 Å². The molecule has 0 aromatic heterocycles. The van der Waals surface area contributed by atoms with Crippen LogP contribution < -0.4 is 15.4 Å². The van der Waals surface area contributed by atoms with Gasteiger partial charge in [-0.15, -0.1) is 0 Å². The van der Waals surface area contributed by atoms with Crippen LogP contribution in [0.3, 0.4) is 0 Å². The summed E-state index contributed by atoms with van der Waals surface area (Å²) < 4.78 is 11.8. The Morgan fingerprint density at radius 1 is 1.11 bits per heavy atom. The lowest BCUT2D eigenvalue weighted by atomic mass is 10.2. The Morgan fingerprint density at radius 3 is 2.63 bits per heavy atom. The molecule has 2 aromatic rings. The lowest BCUT2D eigenvalue weighted by molar-refractivity contribution is -0.115. The fraction of sp³-hybridized carbons (Fsp3) is 0.300. The Morgan fingerprint density at radius 2 is 1.89 bits per heavy atom. The van der Waals surface area contributed by atoms with Gasteiger partial charge in [-0.1, -0.05) is 28.1 Å². The van der Waals surface area contributed by atoms with E-state index in [0.29, 0.717) is 36.8 Å². The van der Waals surface area contributed by atoms with E-state index in [1.165, 1.54) is 0 Å². The Hall–Kier alpha value is -2.38. The maximum absolute atomic E-state index is 12.4. The molecule has 0 fully saturated rings. The first kappa shape index (κ1) is 20.9. The summed E-state index contributed by atoms with van der Waals surface area (Å²) in [5.74, 6) is -0.216. The van der Waals surface area contributed by atoms with Gasteiger partial charge >= 0.3 is 0 Å². The Bertz CT molecular complexity index is 795. The maximum Gasteiger partial charge on any atom is 0.255 e. The van der Waals surface area contributed by atoms with Gasteiger partial charge in [-0.2, -0.15) is 0 Å². The van der Waals surface area contributed by atoms with E-state index < -0.39 is 0 Å². The third-order valence-electron chi connectivity index (χ3n) is 3.69. The first-order valence-corrected chi connectivity index (χ1v) is 9.44. The second kappa shape index (κ2) is 10.7. The second-order valence-corrected chi connectivity index (χ2v) is 6.65. The van der Waals surface area contributed by atoms with Gasteiger partial charge in [0.25, 0.3) is 5.91 Å². The zero-order valence-electron chi connectivity index (χ0n) is 15.4. The highest BCUT2D eigenvalue weighted by Gasteiger charge is 2.13. The minimum atomic E-state index is -0.371. The van der Waals surface area contributed by atoms with Crippen LogP contribution in [0.5, 0.6) is 5.75 Å². The molecule has 0 saturated heterocycles. The zero-order chi connectivity index (χ0) is 19.6. The van der Waals surface area contributed by atoms with Crippen molar-refractivity contribution in [2.24, 2.45) is 0 Å². The summed E-state index contributed by atoms with van der Waals surface area (Å²) in [6.45, 7) is 5.07. The van der Waals surface area contributed by atoms with E-state index in [0.717, 1.165) is 10.0 Å². The number of benzene rings is 2. The molecule has 0 spiro atoms. The molecule has 2 rings (SSSR count). The molecule has 0 aliphatic carbocycles.